The first-order valence-electron chi connectivity index (χ1n) is 5.59. The van der Waals surface area contributed by atoms with E-state index < -0.39 is 0 Å². The number of carbonyl (C=O) groups is 2. The fourth-order valence-electron chi connectivity index (χ4n) is 1.92. The van der Waals surface area contributed by atoms with Gasteiger partial charge in [-0.3, -0.25) is 9.69 Å². The Balaban J connectivity index is 2.31. The number of nitrogens with one attached hydrogen (secondary N) is 1. The summed E-state index contributed by atoms with van der Waals surface area (Å²) in [4.78, 5) is 24.2. The van der Waals surface area contributed by atoms with Crippen LogP contribution < -0.4 is 5.32 Å². The molecule has 0 aromatic rings. The van der Waals surface area contributed by atoms with Crippen molar-refractivity contribution in [2.75, 3.05) is 19.6 Å². The fraction of sp³-hybridized carbons (Fsp3) is 0.818. The van der Waals surface area contributed by atoms with Gasteiger partial charge in [-0.15, -0.1) is 0 Å². The van der Waals surface area contributed by atoms with E-state index in [4.69, 9.17) is 0 Å². The minimum atomic E-state index is 0.0524. The molecule has 0 saturated carbocycles. The van der Waals surface area contributed by atoms with Gasteiger partial charge in [0, 0.05) is 18.5 Å². The van der Waals surface area contributed by atoms with Crippen molar-refractivity contribution in [3.63, 3.8) is 0 Å². The van der Waals surface area contributed by atoms with Gasteiger partial charge in [-0.1, -0.05) is 0 Å². The Labute approximate surface area is 91.0 Å². The fourth-order valence-corrected chi connectivity index (χ4v) is 1.92. The molecule has 0 bridgehead atoms. The van der Waals surface area contributed by atoms with Crippen molar-refractivity contribution in [3.05, 3.63) is 0 Å². The average molecular weight is 212 g/mol. The molecule has 4 nitrogen and oxygen atoms in total. The molecule has 0 aromatic heterocycles. The number of rotatable bonds is 4. The van der Waals surface area contributed by atoms with Crippen molar-refractivity contribution < 1.29 is 9.59 Å². The van der Waals surface area contributed by atoms with Gasteiger partial charge in [-0.25, -0.2) is 0 Å². The number of likely N-dealkylation sites (tertiary alicyclic amines) is 1. The third-order valence-electron chi connectivity index (χ3n) is 2.55. The molecule has 0 spiro atoms. The smallest absolute Gasteiger partial charge is 0.234 e. The molecule has 86 valence electrons. The molecule has 0 aliphatic carbocycles. The summed E-state index contributed by atoms with van der Waals surface area (Å²) in [7, 11) is 0. The van der Waals surface area contributed by atoms with Crippen molar-refractivity contribution in [1.29, 1.82) is 0 Å². The molecule has 1 heterocycles. The first-order chi connectivity index (χ1) is 7.11. The average Bonchev–Trinajstić information content (AvgIpc) is 2.16. The monoisotopic (exact) mass is 212 g/mol. The van der Waals surface area contributed by atoms with Crippen LogP contribution in [0.15, 0.2) is 0 Å². The molecule has 1 aliphatic heterocycles. The predicted molar refractivity (Wildman–Crippen MR) is 58.5 cm³/mol. The lowest BCUT2D eigenvalue weighted by Gasteiger charge is -2.29. The number of hydrogen-bond acceptors (Lipinski definition) is 3. The Hall–Kier alpha value is -0.900. The Morgan fingerprint density at radius 1 is 1.60 bits per heavy atom. The minimum absolute atomic E-state index is 0.0524. The summed E-state index contributed by atoms with van der Waals surface area (Å²) in [5, 5.41) is 2.85. The van der Waals surface area contributed by atoms with E-state index in [0.717, 1.165) is 32.2 Å². The molecule has 0 radical (unpaired) electrons. The topological polar surface area (TPSA) is 49.4 Å². The maximum absolute atomic E-state index is 11.5. The van der Waals surface area contributed by atoms with Gasteiger partial charge in [-0.05, 0) is 33.2 Å². The number of aldehydes is 1. The van der Waals surface area contributed by atoms with Crippen LogP contribution in [0.3, 0.4) is 0 Å². The summed E-state index contributed by atoms with van der Waals surface area (Å²) >= 11 is 0. The Morgan fingerprint density at radius 2 is 2.33 bits per heavy atom. The van der Waals surface area contributed by atoms with Gasteiger partial charge < -0.3 is 10.1 Å². The maximum atomic E-state index is 11.5. The van der Waals surface area contributed by atoms with Gasteiger partial charge in [0.25, 0.3) is 0 Å². The number of nitrogens with zero attached hydrogens (tertiary/aromatic N) is 1. The predicted octanol–water partition coefficient (Wildman–Crippen LogP) is 0.422. The molecule has 1 aliphatic rings. The molecule has 1 atom stereocenters. The van der Waals surface area contributed by atoms with Gasteiger partial charge >= 0.3 is 0 Å². The molecular weight excluding hydrogens is 192 g/mol. The van der Waals surface area contributed by atoms with Crippen molar-refractivity contribution in [2.45, 2.75) is 32.7 Å². The zero-order valence-corrected chi connectivity index (χ0v) is 9.53. The first-order valence-corrected chi connectivity index (χ1v) is 5.59. The highest BCUT2D eigenvalue weighted by atomic mass is 16.2. The van der Waals surface area contributed by atoms with E-state index >= 15 is 0 Å². The molecule has 1 fully saturated rings. The third-order valence-corrected chi connectivity index (χ3v) is 2.55. The van der Waals surface area contributed by atoms with Crippen LogP contribution in [0.5, 0.6) is 0 Å². The second kappa shape index (κ2) is 5.85. The summed E-state index contributed by atoms with van der Waals surface area (Å²) in [6.45, 7) is 5.97. The Kier molecular flexibility index (Phi) is 4.75. The summed E-state index contributed by atoms with van der Waals surface area (Å²) < 4.78 is 0. The van der Waals surface area contributed by atoms with Gasteiger partial charge in [0.2, 0.25) is 5.91 Å². The molecule has 1 rings (SSSR count). The van der Waals surface area contributed by atoms with Crippen LogP contribution in [-0.2, 0) is 9.59 Å². The highest BCUT2D eigenvalue weighted by Gasteiger charge is 2.20. The highest BCUT2D eigenvalue weighted by molar-refractivity contribution is 5.78. The Morgan fingerprint density at radius 3 is 2.93 bits per heavy atom. The van der Waals surface area contributed by atoms with Crippen molar-refractivity contribution in [3.8, 4) is 0 Å². The van der Waals surface area contributed by atoms with Crippen LogP contribution >= 0.6 is 0 Å². The second-order valence-electron chi connectivity index (χ2n) is 4.50. The van der Waals surface area contributed by atoms with E-state index in [1.54, 1.807) is 0 Å². The first kappa shape index (κ1) is 12.2. The molecule has 1 N–H and O–H groups in total. The van der Waals surface area contributed by atoms with E-state index in [1.165, 1.54) is 0 Å². The number of amides is 1. The van der Waals surface area contributed by atoms with Crippen LogP contribution in [0.2, 0.25) is 0 Å². The molecule has 15 heavy (non-hydrogen) atoms. The van der Waals surface area contributed by atoms with Crippen molar-refractivity contribution >= 4 is 12.2 Å². The van der Waals surface area contributed by atoms with Crippen LogP contribution in [0.4, 0.5) is 0 Å². The van der Waals surface area contributed by atoms with Gasteiger partial charge in [0.1, 0.15) is 6.29 Å². The van der Waals surface area contributed by atoms with Gasteiger partial charge in [0.15, 0.2) is 0 Å². The van der Waals surface area contributed by atoms with Crippen molar-refractivity contribution in [2.24, 2.45) is 5.92 Å². The maximum Gasteiger partial charge on any atom is 0.234 e. The summed E-state index contributed by atoms with van der Waals surface area (Å²) in [6.07, 6.45) is 2.98. The van der Waals surface area contributed by atoms with Crippen LogP contribution in [0.25, 0.3) is 0 Å². The lowest BCUT2D eigenvalue weighted by Crippen LogP contribution is -2.44. The minimum Gasteiger partial charge on any atom is -0.353 e. The van der Waals surface area contributed by atoms with E-state index in [2.05, 4.69) is 10.2 Å². The van der Waals surface area contributed by atoms with E-state index in [1.807, 2.05) is 13.8 Å². The second-order valence-corrected chi connectivity index (χ2v) is 4.50. The lowest BCUT2D eigenvalue weighted by molar-refractivity contribution is -0.124. The third kappa shape index (κ3) is 4.42. The number of hydrogen-bond donors (Lipinski definition) is 1. The summed E-state index contributed by atoms with van der Waals surface area (Å²) in [6, 6.07) is 0.184. The molecule has 1 saturated heterocycles. The molecule has 1 unspecified atom stereocenters. The zero-order valence-electron chi connectivity index (χ0n) is 9.53. The van der Waals surface area contributed by atoms with Crippen LogP contribution in [0, 0.1) is 5.92 Å². The molecule has 1 amide bonds. The van der Waals surface area contributed by atoms with E-state index in [9.17, 15) is 9.59 Å². The molecular formula is C11H20N2O2. The zero-order chi connectivity index (χ0) is 11.3. The highest BCUT2D eigenvalue weighted by Crippen LogP contribution is 2.13. The quantitative estimate of drug-likeness (QED) is 0.687. The summed E-state index contributed by atoms with van der Waals surface area (Å²) in [5.74, 6) is 0.169. The molecule has 4 heteroatoms. The number of carbonyl (C=O) groups excluding carboxylic acids is 2. The SMILES string of the molecule is CC(C)NC(=O)CN1CCCC(C=O)C1. The van der Waals surface area contributed by atoms with E-state index in [0.29, 0.717) is 6.54 Å². The Bertz CT molecular complexity index is 229. The van der Waals surface area contributed by atoms with Gasteiger partial charge in [-0.2, -0.15) is 0 Å². The van der Waals surface area contributed by atoms with Crippen LogP contribution in [-0.4, -0.2) is 42.8 Å². The van der Waals surface area contributed by atoms with E-state index in [-0.39, 0.29) is 17.9 Å². The van der Waals surface area contributed by atoms with Crippen molar-refractivity contribution in [1.82, 2.24) is 10.2 Å². The van der Waals surface area contributed by atoms with Crippen LogP contribution in [0.1, 0.15) is 26.7 Å². The van der Waals surface area contributed by atoms with Gasteiger partial charge in [0.05, 0.1) is 6.54 Å². The number of piperidine rings is 1. The molecule has 0 aromatic carbocycles. The normalized spacial score (nSPS) is 22.7. The largest absolute Gasteiger partial charge is 0.353 e. The lowest BCUT2D eigenvalue weighted by atomic mass is 10.00. The summed E-state index contributed by atoms with van der Waals surface area (Å²) in [5.41, 5.74) is 0. The standard InChI is InChI=1S/C11H20N2O2/c1-9(2)12-11(15)7-13-5-3-4-10(6-13)8-14/h8-10H,3-7H2,1-2H3,(H,12,15).